The highest BCUT2D eigenvalue weighted by Gasteiger charge is 2.22. The zero-order valence-electron chi connectivity index (χ0n) is 17.3. The Labute approximate surface area is 171 Å². The molecule has 9 nitrogen and oxygen atoms in total. The van der Waals surface area contributed by atoms with Gasteiger partial charge in [0.1, 0.15) is 18.2 Å². The summed E-state index contributed by atoms with van der Waals surface area (Å²) < 4.78 is 10.4. The van der Waals surface area contributed by atoms with Gasteiger partial charge in [0.15, 0.2) is 0 Å². The molecule has 3 N–H and O–H groups in total. The monoisotopic (exact) mass is 418 g/mol. The first-order valence-corrected chi connectivity index (χ1v) is 10.9. The Morgan fingerprint density at radius 3 is 2.46 bits per heavy atom. The number of alkyl carbamates (subject to hydrolysis) is 1. The molecule has 0 aromatic carbocycles. The summed E-state index contributed by atoms with van der Waals surface area (Å²) in [7, 11) is 0. The zero-order chi connectivity index (χ0) is 21.0. The minimum absolute atomic E-state index is 0.215. The molecule has 0 aromatic rings. The second kappa shape index (κ2) is 12.8. The topological polar surface area (TPSA) is 109 Å². The Morgan fingerprint density at radius 1 is 1.18 bits per heavy atom. The van der Waals surface area contributed by atoms with E-state index in [-0.39, 0.29) is 12.5 Å². The molecule has 0 aliphatic carbocycles. The van der Waals surface area contributed by atoms with Gasteiger partial charge in [-0.3, -0.25) is 14.5 Å². The maximum Gasteiger partial charge on any atom is 0.408 e. The predicted molar refractivity (Wildman–Crippen MR) is 109 cm³/mol. The van der Waals surface area contributed by atoms with Crippen molar-refractivity contribution in [3.05, 3.63) is 0 Å². The molecule has 0 bridgehead atoms. The van der Waals surface area contributed by atoms with Crippen LogP contribution in [0.3, 0.4) is 0 Å². The van der Waals surface area contributed by atoms with Crippen LogP contribution in [-0.2, 0) is 19.1 Å². The molecule has 1 fully saturated rings. The molecular formula is C18H34N4O5S. The third-order valence-electron chi connectivity index (χ3n) is 3.89. The van der Waals surface area contributed by atoms with Gasteiger partial charge in [0.25, 0.3) is 0 Å². The van der Waals surface area contributed by atoms with Gasteiger partial charge >= 0.3 is 6.09 Å². The van der Waals surface area contributed by atoms with Crippen molar-refractivity contribution in [3.8, 4) is 0 Å². The van der Waals surface area contributed by atoms with Crippen molar-refractivity contribution in [2.75, 3.05) is 57.9 Å². The zero-order valence-corrected chi connectivity index (χ0v) is 18.2. The fraction of sp³-hybridized carbons (Fsp3) is 0.833. The summed E-state index contributed by atoms with van der Waals surface area (Å²) >= 11 is 1.60. The van der Waals surface area contributed by atoms with Gasteiger partial charge in [0.2, 0.25) is 11.8 Å². The summed E-state index contributed by atoms with van der Waals surface area (Å²) in [6, 6.07) is -0.634. The van der Waals surface area contributed by atoms with Crippen molar-refractivity contribution in [1.29, 1.82) is 0 Å². The second-order valence-corrected chi connectivity index (χ2v) is 8.49. The molecule has 1 saturated heterocycles. The summed E-state index contributed by atoms with van der Waals surface area (Å²) in [6.07, 6.45) is 1.79. The van der Waals surface area contributed by atoms with Crippen LogP contribution in [0.25, 0.3) is 0 Å². The van der Waals surface area contributed by atoms with Crippen molar-refractivity contribution in [2.24, 2.45) is 0 Å². The number of carbonyl (C=O) groups is 3. The molecule has 1 heterocycles. The second-order valence-electron chi connectivity index (χ2n) is 7.50. The number of amides is 3. The van der Waals surface area contributed by atoms with Crippen LogP contribution in [0.2, 0.25) is 0 Å². The van der Waals surface area contributed by atoms with E-state index in [0.29, 0.717) is 26.2 Å². The van der Waals surface area contributed by atoms with E-state index in [2.05, 4.69) is 20.9 Å². The van der Waals surface area contributed by atoms with Gasteiger partial charge in [-0.1, -0.05) is 0 Å². The SMILES string of the molecule is CSCC[C@H](NC(=O)CNC(=O)OC(C)(C)C)C(=O)NCCN1CCOCC1. The largest absolute Gasteiger partial charge is 0.444 e. The molecule has 1 rings (SSSR count). The number of rotatable bonds is 10. The van der Waals surface area contributed by atoms with Crippen LogP contribution in [0.1, 0.15) is 27.2 Å². The average Bonchev–Trinajstić information content (AvgIpc) is 2.62. The lowest BCUT2D eigenvalue weighted by atomic mass is 10.2. The van der Waals surface area contributed by atoms with Crippen molar-refractivity contribution >= 4 is 29.7 Å². The number of nitrogens with one attached hydrogen (secondary N) is 3. The first kappa shape index (κ1) is 24.5. The Kier molecular flexibility index (Phi) is 11.2. The Balaban J connectivity index is 2.39. The van der Waals surface area contributed by atoms with Crippen LogP contribution in [0.5, 0.6) is 0 Å². The first-order chi connectivity index (χ1) is 13.2. The van der Waals surface area contributed by atoms with Gasteiger partial charge in [0.05, 0.1) is 13.2 Å². The van der Waals surface area contributed by atoms with E-state index >= 15 is 0 Å². The number of ether oxygens (including phenoxy) is 2. The molecule has 10 heteroatoms. The average molecular weight is 419 g/mol. The molecule has 1 aliphatic rings. The highest BCUT2D eigenvalue weighted by molar-refractivity contribution is 7.98. The van der Waals surface area contributed by atoms with Gasteiger partial charge in [-0.15, -0.1) is 0 Å². The predicted octanol–water partition coefficient (Wildman–Crippen LogP) is 0.197. The number of hydrogen-bond donors (Lipinski definition) is 3. The molecule has 0 aromatic heterocycles. The van der Waals surface area contributed by atoms with Crippen molar-refractivity contribution in [3.63, 3.8) is 0 Å². The fourth-order valence-electron chi connectivity index (χ4n) is 2.50. The molecule has 28 heavy (non-hydrogen) atoms. The van der Waals surface area contributed by atoms with Gasteiger partial charge in [-0.2, -0.15) is 11.8 Å². The Hall–Kier alpha value is -1.52. The molecule has 162 valence electrons. The van der Waals surface area contributed by atoms with E-state index in [4.69, 9.17) is 9.47 Å². The first-order valence-electron chi connectivity index (χ1n) is 9.54. The molecule has 0 spiro atoms. The normalized spacial score (nSPS) is 16.1. The summed E-state index contributed by atoms with van der Waals surface area (Å²) in [5, 5.41) is 7.97. The smallest absolute Gasteiger partial charge is 0.408 e. The number of morpholine rings is 1. The van der Waals surface area contributed by atoms with Crippen LogP contribution in [0, 0.1) is 0 Å². The fourth-order valence-corrected chi connectivity index (χ4v) is 2.97. The lowest BCUT2D eigenvalue weighted by Crippen LogP contribution is -2.51. The Bertz CT molecular complexity index is 507. The van der Waals surface area contributed by atoms with Crippen LogP contribution in [0.4, 0.5) is 4.79 Å². The van der Waals surface area contributed by atoms with Crippen LogP contribution >= 0.6 is 11.8 Å². The minimum Gasteiger partial charge on any atom is -0.444 e. The molecule has 1 atom stereocenters. The minimum atomic E-state index is -0.668. The summed E-state index contributed by atoms with van der Waals surface area (Å²) in [5.74, 6) is 0.0923. The van der Waals surface area contributed by atoms with E-state index < -0.39 is 23.6 Å². The van der Waals surface area contributed by atoms with Crippen molar-refractivity contribution in [2.45, 2.75) is 38.8 Å². The maximum atomic E-state index is 12.5. The number of carbonyl (C=O) groups excluding carboxylic acids is 3. The van der Waals surface area contributed by atoms with E-state index in [1.165, 1.54) is 0 Å². The molecule has 3 amide bonds. The van der Waals surface area contributed by atoms with Crippen molar-refractivity contribution in [1.82, 2.24) is 20.9 Å². The van der Waals surface area contributed by atoms with Crippen LogP contribution < -0.4 is 16.0 Å². The molecular weight excluding hydrogens is 384 g/mol. The van der Waals surface area contributed by atoms with Crippen LogP contribution in [-0.4, -0.2) is 92.4 Å². The van der Waals surface area contributed by atoms with Gasteiger partial charge in [-0.05, 0) is 39.2 Å². The van der Waals surface area contributed by atoms with E-state index in [9.17, 15) is 14.4 Å². The highest BCUT2D eigenvalue weighted by atomic mass is 32.2. The molecule has 0 unspecified atom stereocenters. The lowest BCUT2D eigenvalue weighted by Gasteiger charge is -2.27. The van der Waals surface area contributed by atoms with Crippen LogP contribution in [0.15, 0.2) is 0 Å². The summed E-state index contributed by atoms with van der Waals surface area (Å²) in [5.41, 5.74) is -0.637. The molecule has 0 radical (unpaired) electrons. The van der Waals surface area contributed by atoms with Crippen molar-refractivity contribution < 1.29 is 23.9 Å². The number of nitrogens with zero attached hydrogens (tertiary/aromatic N) is 1. The molecule has 1 aliphatic heterocycles. The number of hydrogen-bond acceptors (Lipinski definition) is 7. The third kappa shape index (κ3) is 11.4. The lowest BCUT2D eigenvalue weighted by molar-refractivity contribution is -0.128. The highest BCUT2D eigenvalue weighted by Crippen LogP contribution is 2.06. The van der Waals surface area contributed by atoms with E-state index in [0.717, 1.165) is 25.4 Å². The van der Waals surface area contributed by atoms with E-state index in [1.807, 2.05) is 6.26 Å². The van der Waals surface area contributed by atoms with E-state index in [1.54, 1.807) is 32.5 Å². The molecule has 0 saturated carbocycles. The third-order valence-corrected chi connectivity index (χ3v) is 4.53. The maximum absolute atomic E-state index is 12.5. The standard InChI is InChI=1S/C18H34N4O5S/c1-18(2,3)27-17(25)20-13-15(23)21-14(5-12-28-4)16(24)19-6-7-22-8-10-26-11-9-22/h14H,5-13H2,1-4H3,(H,19,24)(H,20,25)(H,21,23)/t14-/m0/s1. The van der Waals surface area contributed by atoms with Gasteiger partial charge < -0.3 is 25.4 Å². The van der Waals surface area contributed by atoms with Gasteiger partial charge in [-0.25, -0.2) is 4.79 Å². The van der Waals surface area contributed by atoms with Gasteiger partial charge in [0, 0.05) is 26.2 Å². The number of thioether (sulfide) groups is 1. The Morgan fingerprint density at radius 2 is 1.86 bits per heavy atom. The summed E-state index contributed by atoms with van der Waals surface area (Å²) in [6.45, 7) is 9.39. The summed E-state index contributed by atoms with van der Waals surface area (Å²) in [4.78, 5) is 38.4. The quantitative estimate of drug-likeness (QED) is 0.465.